The largest absolute Gasteiger partial charge is 2.00 e. The molecule has 104 valence electrons. The van der Waals surface area contributed by atoms with Gasteiger partial charge in [0, 0.05) is 0 Å². The molecule has 0 saturated heterocycles. The molecule has 0 saturated carbocycles. The molecule has 0 N–H and O–H groups in total. The summed E-state index contributed by atoms with van der Waals surface area (Å²) < 4.78 is 0. The van der Waals surface area contributed by atoms with Gasteiger partial charge in [0.2, 0.25) is 0 Å². The first kappa shape index (κ1) is 63.0. The Labute approximate surface area is 281 Å². The van der Waals surface area contributed by atoms with Crippen LogP contribution in [0.25, 0.3) is 0 Å². The Bertz CT molecular complexity index is 80.6. The molecule has 0 atom stereocenters. The molecule has 0 aromatic carbocycles. The third-order valence-electron chi connectivity index (χ3n) is 0. The molecule has 22 heavy (non-hydrogen) atoms. The van der Waals surface area contributed by atoms with Gasteiger partial charge in [0.15, 0.2) is 0 Å². The van der Waals surface area contributed by atoms with Gasteiger partial charge in [-0.25, -0.2) is 0 Å². The van der Waals surface area contributed by atoms with Gasteiger partial charge in [-0.15, -0.1) is 0 Å². The maximum Gasteiger partial charge on any atom is 2.00 e. The summed E-state index contributed by atoms with van der Waals surface area (Å²) in [5, 5.41) is 0. The van der Waals surface area contributed by atoms with Gasteiger partial charge >= 0.3 is 195 Å². The molecular formula is O12P4Sr3Zn3. The minimum Gasteiger partial charge on any atom is -0.854 e. The van der Waals surface area contributed by atoms with Gasteiger partial charge in [-0.05, 0) is 0 Å². The number of hydrogen-bond donors (Lipinski definition) is 0. The van der Waals surface area contributed by atoms with E-state index in [0.29, 0.717) is 0 Å². The third-order valence-corrected chi connectivity index (χ3v) is 0. The molecule has 12 nitrogen and oxygen atoms in total. The van der Waals surface area contributed by atoms with E-state index in [1.165, 1.54) is 0 Å². The Morgan fingerprint density at radius 3 is 0.273 bits per heavy atom. The van der Waals surface area contributed by atoms with E-state index in [1.807, 2.05) is 0 Å². The SMILES string of the molecule is [O-]P([O-])[O-].[O-]P([O-])[O-].[O-]P([O-])[O-].[O-]P([O-])[O-].[Sr+2].[Sr+2].[Sr+2].[Zn+2].[Zn+2].[Zn+2]. The van der Waals surface area contributed by atoms with Gasteiger partial charge in [0.05, 0.1) is 0 Å². The van der Waals surface area contributed by atoms with Crippen molar-refractivity contribution in [1.82, 2.24) is 0 Å². The summed E-state index contributed by atoms with van der Waals surface area (Å²) in [7, 11) is -13.5. The quantitative estimate of drug-likeness (QED) is 0.164. The predicted octanol–water partition coefficient (Wildman–Crippen LogP) is -12.0. The molecule has 0 rings (SSSR count). The minimum atomic E-state index is -3.37. The summed E-state index contributed by atoms with van der Waals surface area (Å²) in [5.41, 5.74) is 0. The van der Waals surface area contributed by atoms with Crippen molar-refractivity contribution in [3.05, 3.63) is 0 Å². The van der Waals surface area contributed by atoms with Crippen LogP contribution in [0, 0.1) is 0 Å². The molecule has 0 fully saturated rings. The van der Waals surface area contributed by atoms with Gasteiger partial charge in [0.25, 0.3) is 0 Å². The maximum atomic E-state index is 8.48. The van der Waals surface area contributed by atoms with Crippen LogP contribution in [0.1, 0.15) is 0 Å². The standard InChI is InChI=1S/4O3P.3Sr.3Zn/c4*1-4(2)3;;;;;;/q4*-3;6*+2. The molecule has 0 aliphatic heterocycles. The second-order valence-electron chi connectivity index (χ2n) is 0.894. The van der Waals surface area contributed by atoms with Crippen molar-refractivity contribution in [2.45, 2.75) is 0 Å². The zero-order valence-corrected chi connectivity index (χ0v) is 33.8. The fourth-order valence-electron chi connectivity index (χ4n) is 0. The van der Waals surface area contributed by atoms with E-state index in [2.05, 4.69) is 0 Å². The van der Waals surface area contributed by atoms with Crippen molar-refractivity contribution in [2.75, 3.05) is 0 Å². The molecule has 22 heteroatoms. The van der Waals surface area contributed by atoms with Crippen LogP contribution in [0.15, 0.2) is 0 Å². The minimum absolute atomic E-state index is 0. The predicted molar refractivity (Wildman–Crippen MR) is 44.9 cm³/mol. The zero-order chi connectivity index (χ0) is 14.3. The number of hydrogen-bond acceptors (Lipinski definition) is 12. The Morgan fingerprint density at radius 2 is 0.273 bits per heavy atom. The Hall–Kier alpha value is 7.55. The van der Waals surface area contributed by atoms with Crippen LogP contribution in [0.5, 0.6) is 0 Å². The Morgan fingerprint density at radius 1 is 0.273 bits per heavy atom. The van der Waals surface area contributed by atoms with E-state index in [4.69, 9.17) is 58.7 Å². The van der Waals surface area contributed by atoms with E-state index in [9.17, 15) is 0 Å². The van der Waals surface area contributed by atoms with E-state index in [0.717, 1.165) is 0 Å². The Kier molecular flexibility index (Phi) is 162. The van der Waals surface area contributed by atoms with Crippen molar-refractivity contribution in [3.63, 3.8) is 0 Å². The van der Waals surface area contributed by atoms with Crippen LogP contribution in [0.3, 0.4) is 0 Å². The van der Waals surface area contributed by atoms with Crippen molar-refractivity contribution in [3.8, 4) is 0 Å². The smallest absolute Gasteiger partial charge is 0.854 e. The molecule has 0 aromatic heterocycles. The molecule has 0 radical (unpaired) electrons. The van der Waals surface area contributed by atoms with Gasteiger partial charge in [-0.2, -0.15) is 0 Å². The van der Waals surface area contributed by atoms with Crippen LogP contribution in [0.2, 0.25) is 0 Å². The van der Waals surface area contributed by atoms with Crippen molar-refractivity contribution < 1.29 is 117 Å². The van der Waals surface area contributed by atoms with Crippen LogP contribution < -0.4 is 58.7 Å². The van der Waals surface area contributed by atoms with Gasteiger partial charge in [0.1, 0.15) is 0 Å². The first-order chi connectivity index (χ1) is 6.93. The average molecular weight is 775 g/mol. The van der Waals surface area contributed by atoms with E-state index < -0.39 is 34.4 Å². The van der Waals surface area contributed by atoms with Gasteiger partial charge in [-0.3, -0.25) is 0 Å². The third kappa shape index (κ3) is 341. The van der Waals surface area contributed by atoms with Crippen molar-refractivity contribution in [1.29, 1.82) is 0 Å². The van der Waals surface area contributed by atoms with Crippen LogP contribution in [0.4, 0.5) is 0 Å². The molecule has 0 bridgehead atoms. The average Bonchev–Trinajstić information content (AvgIpc) is 1.76. The number of rotatable bonds is 0. The normalized spacial score (nSPS) is 6.55. The first-order valence-corrected chi connectivity index (χ1v) is 6.57. The molecule has 0 aliphatic rings. The molecule has 0 aromatic rings. The molecule has 0 aliphatic carbocycles. The molecule has 0 unspecified atom stereocenters. The summed E-state index contributed by atoms with van der Waals surface area (Å²) in [6.45, 7) is 0. The fraction of sp³-hybridized carbons (Fsp3) is 0. The zero-order valence-electron chi connectivity index (χ0n) is 10.9. The molecule has 0 heterocycles. The summed E-state index contributed by atoms with van der Waals surface area (Å²) >= 11 is 0. The van der Waals surface area contributed by atoms with E-state index in [1.54, 1.807) is 0 Å². The second-order valence-corrected chi connectivity index (χ2v) is 2.68. The van der Waals surface area contributed by atoms with E-state index in [-0.39, 0.29) is 195 Å². The van der Waals surface area contributed by atoms with Crippen LogP contribution >= 0.6 is 34.4 Å². The van der Waals surface area contributed by atoms with E-state index >= 15 is 0 Å². The van der Waals surface area contributed by atoms with Crippen molar-refractivity contribution >= 4 is 171 Å². The van der Waals surface area contributed by atoms with Gasteiger partial charge < -0.3 is 93.1 Å². The Balaban J connectivity index is -0.00000001000. The maximum absolute atomic E-state index is 8.48. The summed E-state index contributed by atoms with van der Waals surface area (Å²) in [5.74, 6) is 0. The monoisotopic (exact) mass is 771 g/mol. The topological polar surface area (TPSA) is 277 Å². The molecular weight excluding hydrogens is 775 g/mol. The van der Waals surface area contributed by atoms with Crippen molar-refractivity contribution in [2.24, 2.45) is 0 Å². The van der Waals surface area contributed by atoms with Crippen LogP contribution in [-0.4, -0.2) is 136 Å². The first-order valence-electron chi connectivity index (χ1n) is 2.19. The second kappa shape index (κ2) is 56.7. The van der Waals surface area contributed by atoms with Crippen LogP contribution in [-0.2, 0) is 58.4 Å². The fourth-order valence-corrected chi connectivity index (χ4v) is 0. The molecule has 0 amide bonds. The summed E-state index contributed by atoms with van der Waals surface area (Å²) in [6, 6.07) is 0. The molecule has 0 spiro atoms. The summed E-state index contributed by atoms with van der Waals surface area (Å²) in [6.07, 6.45) is 0. The van der Waals surface area contributed by atoms with Gasteiger partial charge in [-0.1, -0.05) is 0 Å². The summed E-state index contributed by atoms with van der Waals surface area (Å²) in [4.78, 5) is 102.